The normalized spacial score (nSPS) is 13.8. The minimum absolute atomic E-state index is 0.213. The standard InChI is InChI=1S/C8H16N4/c1-11(2)7(6-9)8-10-4-5-12(8)3/h4-5,7H,6,9H2,1-3H3. The molecule has 0 aliphatic carbocycles. The first-order valence-corrected chi connectivity index (χ1v) is 4.00. The van der Waals surface area contributed by atoms with Crippen molar-refractivity contribution in [3.8, 4) is 0 Å². The molecule has 0 radical (unpaired) electrons. The molecular weight excluding hydrogens is 152 g/mol. The van der Waals surface area contributed by atoms with Gasteiger partial charge < -0.3 is 10.3 Å². The van der Waals surface area contributed by atoms with Gasteiger partial charge in [-0.1, -0.05) is 0 Å². The maximum absolute atomic E-state index is 5.64. The average Bonchev–Trinajstić information content (AvgIpc) is 2.38. The van der Waals surface area contributed by atoms with E-state index in [-0.39, 0.29) is 6.04 Å². The molecule has 1 atom stereocenters. The van der Waals surface area contributed by atoms with Gasteiger partial charge in [0.1, 0.15) is 5.82 Å². The lowest BCUT2D eigenvalue weighted by molar-refractivity contribution is 0.289. The maximum Gasteiger partial charge on any atom is 0.127 e. The summed E-state index contributed by atoms with van der Waals surface area (Å²) in [4.78, 5) is 6.32. The van der Waals surface area contributed by atoms with Crippen LogP contribution in [0.5, 0.6) is 0 Å². The Balaban J connectivity index is 2.87. The number of hydrogen-bond donors (Lipinski definition) is 1. The third-order valence-corrected chi connectivity index (χ3v) is 2.00. The number of imidazole rings is 1. The minimum atomic E-state index is 0.213. The third kappa shape index (κ3) is 1.65. The van der Waals surface area contributed by atoms with Gasteiger partial charge in [-0.15, -0.1) is 0 Å². The van der Waals surface area contributed by atoms with Crippen LogP contribution in [0.3, 0.4) is 0 Å². The second-order valence-corrected chi connectivity index (χ2v) is 3.11. The Morgan fingerprint density at radius 1 is 1.67 bits per heavy atom. The lowest BCUT2D eigenvalue weighted by atomic mass is 10.2. The van der Waals surface area contributed by atoms with Gasteiger partial charge in [0, 0.05) is 26.0 Å². The highest BCUT2D eigenvalue weighted by Crippen LogP contribution is 2.12. The molecule has 0 aromatic carbocycles. The first-order valence-electron chi connectivity index (χ1n) is 4.00. The number of hydrogen-bond acceptors (Lipinski definition) is 3. The summed E-state index contributed by atoms with van der Waals surface area (Å²) in [7, 11) is 5.99. The van der Waals surface area contributed by atoms with Gasteiger partial charge in [0.05, 0.1) is 6.04 Å². The van der Waals surface area contributed by atoms with Crippen LogP contribution in [0.2, 0.25) is 0 Å². The van der Waals surface area contributed by atoms with E-state index in [1.165, 1.54) is 0 Å². The molecule has 0 saturated carbocycles. The summed E-state index contributed by atoms with van der Waals surface area (Å²) < 4.78 is 2.00. The molecule has 0 aliphatic heterocycles. The first-order chi connectivity index (χ1) is 5.66. The third-order valence-electron chi connectivity index (χ3n) is 2.00. The van der Waals surface area contributed by atoms with Crippen LogP contribution in [-0.4, -0.2) is 35.1 Å². The quantitative estimate of drug-likeness (QED) is 0.690. The predicted molar refractivity (Wildman–Crippen MR) is 48.7 cm³/mol. The van der Waals surface area contributed by atoms with Gasteiger partial charge in [0.25, 0.3) is 0 Å². The molecule has 1 unspecified atom stereocenters. The highest BCUT2D eigenvalue weighted by atomic mass is 15.2. The second-order valence-electron chi connectivity index (χ2n) is 3.11. The molecule has 0 saturated heterocycles. The van der Waals surface area contributed by atoms with Crippen molar-refractivity contribution < 1.29 is 0 Å². The summed E-state index contributed by atoms with van der Waals surface area (Å²) in [5, 5.41) is 0. The van der Waals surface area contributed by atoms with Crippen LogP contribution in [0.15, 0.2) is 12.4 Å². The number of aromatic nitrogens is 2. The van der Waals surface area contributed by atoms with Gasteiger partial charge in [-0.05, 0) is 14.1 Å². The minimum Gasteiger partial charge on any atom is -0.337 e. The van der Waals surface area contributed by atoms with E-state index in [1.54, 1.807) is 6.20 Å². The number of likely N-dealkylation sites (N-methyl/N-ethyl adjacent to an activating group) is 1. The highest BCUT2D eigenvalue weighted by Gasteiger charge is 2.15. The van der Waals surface area contributed by atoms with Crippen LogP contribution in [-0.2, 0) is 7.05 Å². The molecule has 1 rings (SSSR count). The summed E-state index contributed by atoms with van der Waals surface area (Å²) in [6.07, 6.45) is 3.73. The van der Waals surface area contributed by atoms with E-state index in [1.807, 2.05) is 31.9 Å². The van der Waals surface area contributed by atoms with Crippen molar-refractivity contribution >= 4 is 0 Å². The Kier molecular flexibility index (Phi) is 2.83. The zero-order valence-corrected chi connectivity index (χ0v) is 7.86. The van der Waals surface area contributed by atoms with E-state index in [2.05, 4.69) is 9.88 Å². The molecule has 1 heterocycles. The fraction of sp³-hybridized carbons (Fsp3) is 0.625. The van der Waals surface area contributed by atoms with Gasteiger partial charge in [0.15, 0.2) is 0 Å². The SMILES string of the molecule is CN(C)C(CN)c1nccn1C. The molecular formula is C8H16N4. The summed E-state index contributed by atoms with van der Waals surface area (Å²) in [6.45, 7) is 0.595. The average molecular weight is 168 g/mol. The molecule has 1 aromatic rings. The maximum atomic E-state index is 5.64. The second kappa shape index (κ2) is 3.69. The van der Waals surface area contributed by atoms with E-state index < -0.39 is 0 Å². The van der Waals surface area contributed by atoms with Crippen molar-refractivity contribution in [2.45, 2.75) is 6.04 Å². The molecule has 0 amide bonds. The number of aryl methyl sites for hydroxylation is 1. The van der Waals surface area contributed by atoms with Crippen LogP contribution in [0.1, 0.15) is 11.9 Å². The van der Waals surface area contributed by atoms with Gasteiger partial charge >= 0.3 is 0 Å². The number of nitrogens with two attached hydrogens (primary N) is 1. The van der Waals surface area contributed by atoms with Crippen LogP contribution < -0.4 is 5.73 Å². The van der Waals surface area contributed by atoms with Gasteiger partial charge in [0.2, 0.25) is 0 Å². The summed E-state index contributed by atoms with van der Waals surface area (Å²) in [5.74, 6) is 1.02. The van der Waals surface area contributed by atoms with Crippen LogP contribution in [0, 0.1) is 0 Å². The van der Waals surface area contributed by atoms with E-state index in [0.29, 0.717) is 6.54 Å². The van der Waals surface area contributed by atoms with Crippen LogP contribution in [0.4, 0.5) is 0 Å². The number of rotatable bonds is 3. The molecule has 0 bridgehead atoms. The monoisotopic (exact) mass is 168 g/mol. The van der Waals surface area contributed by atoms with Crippen molar-refractivity contribution in [3.63, 3.8) is 0 Å². The molecule has 0 fully saturated rings. The van der Waals surface area contributed by atoms with E-state index in [0.717, 1.165) is 5.82 Å². The Morgan fingerprint density at radius 3 is 2.67 bits per heavy atom. The zero-order valence-electron chi connectivity index (χ0n) is 7.86. The fourth-order valence-electron chi connectivity index (χ4n) is 1.25. The molecule has 68 valence electrons. The molecule has 0 spiro atoms. The van der Waals surface area contributed by atoms with E-state index in [9.17, 15) is 0 Å². The highest BCUT2D eigenvalue weighted by molar-refractivity contribution is 4.99. The Labute approximate surface area is 73.0 Å². The van der Waals surface area contributed by atoms with Gasteiger partial charge in [-0.25, -0.2) is 4.98 Å². The van der Waals surface area contributed by atoms with Crippen molar-refractivity contribution in [2.75, 3.05) is 20.6 Å². The number of nitrogens with zero attached hydrogens (tertiary/aromatic N) is 3. The molecule has 4 nitrogen and oxygen atoms in total. The first kappa shape index (κ1) is 9.22. The van der Waals surface area contributed by atoms with Crippen LogP contribution >= 0.6 is 0 Å². The topological polar surface area (TPSA) is 47.1 Å². The van der Waals surface area contributed by atoms with Crippen molar-refractivity contribution in [3.05, 3.63) is 18.2 Å². The summed E-state index contributed by atoms with van der Waals surface area (Å²) >= 11 is 0. The van der Waals surface area contributed by atoms with Crippen molar-refractivity contribution in [1.29, 1.82) is 0 Å². The van der Waals surface area contributed by atoms with E-state index in [4.69, 9.17) is 5.73 Å². The van der Waals surface area contributed by atoms with Crippen molar-refractivity contribution in [2.24, 2.45) is 12.8 Å². The zero-order chi connectivity index (χ0) is 9.14. The van der Waals surface area contributed by atoms with Gasteiger partial charge in [-0.2, -0.15) is 0 Å². The summed E-state index contributed by atoms with van der Waals surface area (Å²) in [5.41, 5.74) is 5.64. The molecule has 2 N–H and O–H groups in total. The smallest absolute Gasteiger partial charge is 0.127 e. The predicted octanol–water partition coefficient (Wildman–Crippen LogP) is -0.0185. The largest absolute Gasteiger partial charge is 0.337 e. The molecule has 1 aromatic heterocycles. The van der Waals surface area contributed by atoms with Crippen molar-refractivity contribution in [1.82, 2.24) is 14.5 Å². The Hall–Kier alpha value is -0.870. The molecule has 12 heavy (non-hydrogen) atoms. The molecule has 0 aliphatic rings. The van der Waals surface area contributed by atoms with Crippen LogP contribution in [0.25, 0.3) is 0 Å². The molecule has 4 heteroatoms. The fourth-order valence-corrected chi connectivity index (χ4v) is 1.25. The Morgan fingerprint density at radius 2 is 2.33 bits per heavy atom. The van der Waals surface area contributed by atoms with E-state index >= 15 is 0 Å². The lowest BCUT2D eigenvalue weighted by Gasteiger charge is -2.21. The Bertz CT molecular complexity index is 241. The lowest BCUT2D eigenvalue weighted by Crippen LogP contribution is -2.29. The van der Waals surface area contributed by atoms with Gasteiger partial charge in [-0.3, -0.25) is 4.90 Å². The summed E-state index contributed by atoms with van der Waals surface area (Å²) in [6, 6.07) is 0.213.